The van der Waals surface area contributed by atoms with E-state index in [1.54, 1.807) is 6.07 Å². The smallest absolute Gasteiger partial charge is 0.337 e. The molecule has 3 aromatic rings. The minimum atomic E-state index is -0.942. The number of hydrogen-bond donors (Lipinski definition) is 3. The first-order chi connectivity index (χ1) is 22.7. The number of anilines is 1. The number of likely N-dealkylation sites (tertiary alicyclic amines) is 1. The van der Waals surface area contributed by atoms with Crippen molar-refractivity contribution in [2.75, 3.05) is 31.1 Å². The summed E-state index contributed by atoms with van der Waals surface area (Å²) in [7, 11) is 0. The number of nitrogens with one attached hydrogen (secondary N) is 2. The number of aromatic carboxylic acids is 1. The van der Waals surface area contributed by atoms with Crippen LogP contribution in [0.15, 0.2) is 79.1 Å². The molecule has 3 amide bonds. The number of carboxylic acid groups (broad SMARTS) is 1. The zero-order valence-electron chi connectivity index (χ0n) is 27.2. The minimum absolute atomic E-state index is 0.00928. The van der Waals surface area contributed by atoms with Crippen LogP contribution in [0.2, 0.25) is 0 Å². The number of carbonyl (C=O) groups excluding carboxylic acids is 3. The van der Waals surface area contributed by atoms with E-state index in [1.807, 2.05) is 66.1 Å². The molecule has 2 atom stereocenters. The van der Waals surface area contributed by atoms with Gasteiger partial charge >= 0.3 is 5.97 Å². The molecule has 10 nitrogen and oxygen atoms in total. The highest BCUT2D eigenvalue weighted by molar-refractivity contribution is 6.08. The second kappa shape index (κ2) is 15.3. The predicted octanol–water partition coefficient (Wildman–Crippen LogP) is 4.20. The summed E-state index contributed by atoms with van der Waals surface area (Å²) in [5.74, 6) is -0.934. The molecule has 0 radical (unpaired) electrons. The lowest BCUT2D eigenvalue weighted by molar-refractivity contribution is -0.138. The maximum atomic E-state index is 13.7. The third-order valence-corrected chi connectivity index (χ3v) is 9.49. The topological polar surface area (TPSA) is 132 Å². The summed E-state index contributed by atoms with van der Waals surface area (Å²) < 4.78 is 0. The fourth-order valence-electron chi connectivity index (χ4n) is 6.73. The van der Waals surface area contributed by atoms with Crippen LogP contribution in [0.5, 0.6) is 0 Å². The Morgan fingerprint density at radius 2 is 1.72 bits per heavy atom. The second-order valence-electron chi connectivity index (χ2n) is 13.0. The lowest BCUT2D eigenvalue weighted by Crippen LogP contribution is -2.55. The summed E-state index contributed by atoms with van der Waals surface area (Å²) in [6.45, 7) is 6.76. The van der Waals surface area contributed by atoms with Gasteiger partial charge in [0.15, 0.2) is 0 Å². The Kier molecular flexibility index (Phi) is 11.0. The van der Waals surface area contributed by atoms with Gasteiger partial charge in [-0.05, 0) is 88.2 Å². The van der Waals surface area contributed by atoms with Gasteiger partial charge < -0.3 is 25.5 Å². The number of rotatable bonds is 8. The molecule has 3 N–H and O–H groups in total. The van der Waals surface area contributed by atoms with Gasteiger partial charge in [0.05, 0.1) is 16.9 Å². The number of aromatic nitrogens is 1. The SMILES string of the molecule is CC1(C)C(=O)N(C2CCN(C(=O)[C@H](CCc3ccccc3)NC(=O)[C@@H]3CCCNC3)CC2)c2ccccc21.O=C(O)c1cccnc1. The van der Waals surface area contributed by atoms with Crippen LogP contribution in [0.3, 0.4) is 0 Å². The van der Waals surface area contributed by atoms with Crippen molar-refractivity contribution in [3.8, 4) is 0 Å². The van der Waals surface area contributed by atoms with Gasteiger partial charge in [-0.15, -0.1) is 0 Å². The van der Waals surface area contributed by atoms with Crippen molar-refractivity contribution in [3.63, 3.8) is 0 Å². The zero-order chi connectivity index (χ0) is 33.4. The van der Waals surface area contributed by atoms with E-state index in [1.165, 1.54) is 18.5 Å². The molecule has 248 valence electrons. The van der Waals surface area contributed by atoms with Crippen LogP contribution < -0.4 is 15.5 Å². The van der Waals surface area contributed by atoms with Crippen molar-refractivity contribution in [1.29, 1.82) is 0 Å². The second-order valence-corrected chi connectivity index (χ2v) is 13.0. The molecule has 2 saturated heterocycles. The van der Waals surface area contributed by atoms with Gasteiger partial charge in [0.1, 0.15) is 6.04 Å². The van der Waals surface area contributed by atoms with Gasteiger partial charge in [0.2, 0.25) is 17.7 Å². The van der Waals surface area contributed by atoms with E-state index in [0.717, 1.165) is 55.5 Å². The van der Waals surface area contributed by atoms with Crippen molar-refractivity contribution in [1.82, 2.24) is 20.5 Å². The van der Waals surface area contributed by atoms with Crippen molar-refractivity contribution in [2.24, 2.45) is 5.92 Å². The number of pyridine rings is 1. The van der Waals surface area contributed by atoms with Crippen LogP contribution in [0.25, 0.3) is 0 Å². The zero-order valence-corrected chi connectivity index (χ0v) is 27.2. The summed E-state index contributed by atoms with van der Waals surface area (Å²) in [6.07, 6.45) is 7.43. The number of para-hydroxylation sites is 1. The number of carboxylic acids is 1. The molecule has 1 aromatic heterocycles. The number of hydrogen-bond acceptors (Lipinski definition) is 6. The van der Waals surface area contributed by atoms with Crippen LogP contribution in [-0.2, 0) is 26.2 Å². The van der Waals surface area contributed by atoms with E-state index in [0.29, 0.717) is 26.1 Å². The number of nitrogens with zero attached hydrogens (tertiary/aromatic N) is 3. The number of benzene rings is 2. The Morgan fingerprint density at radius 1 is 1.00 bits per heavy atom. The molecule has 47 heavy (non-hydrogen) atoms. The molecule has 0 bridgehead atoms. The molecule has 4 heterocycles. The predicted molar refractivity (Wildman–Crippen MR) is 180 cm³/mol. The Bertz CT molecular complexity index is 1530. The molecule has 3 aliphatic rings. The van der Waals surface area contributed by atoms with Crippen LogP contribution in [0.4, 0.5) is 5.69 Å². The third kappa shape index (κ3) is 8.05. The molecule has 3 aliphatic heterocycles. The van der Waals surface area contributed by atoms with E-state index >= 15 is 0 Å². The standard InChI is InChI=1S/C31H40N4O3.C6H5NO2/c1-31(2)25-12-6-7-13-27(25)35(30(31)38)24-16-19-34(20-17-24)29(37)26(15-14-22-9-4-3-5-10-22)33-28(36)23-11-8-18-32-21-23;8-6(9)5-2-1-3-7-4-5/h3-7,9-10,12-13,23-24,26,32H,8,11,14-21H2,1-2H3,(H,33,36);1-4H,(H,8,9)/t23-,26+;/m1./s1. The summed E-state index contributed by atoms with van der Waals surface area (Å²) in [4.78, 5) is 57.9. The van der Waals surface area contributed by atoms with Gasteiger partial charge in [0, 0.05) is 43.8 Å². The number of aryl methyl sites for hydroxylation is 1. The van der Waals surface area contributed by atoms with Gasteiger partial charge in [-0.2, -0.15) is 0 Å². The summed E-state index contributed by atoms with van der Waals surface area (Å²) in [5, 5.41) is 14.8. The minimum Gasteiger partial charge on any atom is -0.478 e. The first-order valence-corrected chi connectivity index (χ1v) is 16.6. The molecule has 10 heteroatoms. The Hall–Kier alpha value is -4.57. The normalized spacial score (nSPS) is 19.6. The number of carbonyl (C=O) groups is 4. The van der Waals surface area contributed by atoms with E-state index in [9.17, 15) is 19.2 Å². The number of amides is 3. The maximum absolute atomic E-state index is 13.7. The average molecular weight is 640 g/mol. The molecular formula is C37H45N5O5. The maximum Gasteiger partial charge on any atom is 0.337 e. The molecule has 0 unspecified atom stereocenters. The number of piperidine rings is 2. The molecule has 0 saturated carbocycles. The molecule has 0 aliphatic carbocycles. The molecule has 6 rings (SSSR count). The largest absolute Gasteiger partial charge is 0.478 e. The Morgan fingerprint density at radius 3 is 2.36 bits per heavy atom. The Labute approximate surface area is 276 Å². The van der Waals surface area contributed by atoms with E-state index in [2.05, 4.69) is 27.8 Å². The van der Waals surface area contributed by atoms with E-state index < -0.39 is 17.4 Å². The van der Waals surface area contributed by atoms with Crippen LogP contribution in [-0.4, -0.2) is 76.9 Å². The van der Waals surface area contributed by atoms with Crippen molar-refractivity contribution in [3.05, 3.63) is 95.8 Å². The van der Waals surface area contributed by atoms with Gasteiger partial charge in [-0.1, -0.05) is 48.5 Å². The highest BCUT2D eigenvalue weighted by Gasteiger charge is 2.47. The summed E-state index contributed by atoms with van der Waals surface area (Å²) in [5.41, 5.74) is 2.92. The fourth-order valence-corrected chi connectivity index (χ4v) is 6.73. The van der Waals surface area contributed by atoms with Crippen LogP contribution in [0, 0.1) is 5.92 Å². The van der Waals surface area contributed by atoms with E-state index in [-0.39, 0.29) is 35.2 Å². The lowest BCUT2D eigenvalue weighted by Gasteiger charge is -2.39. The third-order valence-electron chi connectivity index (χ3n) is 9.49. The van der Waals surface area contributed by atoms with Crippen LogP contribution >= 0.6 is 0 Å². The van der Waals surface area contributed by atoms with Gasteiger partial charge in [-0.3, -0.25) is 19.4 Å². The van der Waals surface area contributed by atoms with Crippen molar-refractivity contribution >= 4 is 29.4 Å². The summed E-state index contributed by atoms with van der Waals surface area (Å²) in [6, 6.07) is 20.8. The van der Waals surface area contributed by atoms with Gasteiger partial charge in [0.25, 0.3) is 0 Å². The highest BCUT2D eigenvalue weighted by atomic mass is 16.4. The highest BCUT2D eigenvalue weighted by Crippen LogP contribution is 2.43. The molecule has 2 aromatic carbocycles. The van der Waals surface area contributed by atoms with Crippen molar-refractivity contribution < 1.29 is 24.3 Å². The first kappa shape index (κ1) is 33.8. The molecular weight excluding hydrogens is 594 g/mol. The average Bonchev–Trinajstić information content (AvgIpc) is 3.32. The lowest BCUT2D eigenvalue weighted by atomic mass is 9.86. The fraction of sp³-hybridized carbons (Fsp3) is 0.432. The van der Waals surface area contributed by atoms with Gasteiger partial charge in [-0.25, -0.2) is 4.79 Å². The van der Waals surface area contributed by atoms with Crippen molar-refractivity contribution in [2.45, 2.75) is 69.9 Å². The van der Waals surface area contributed by atoms with E-state index in [4.69, 9.17) is 5.11 Å². The monoisotopic (exact) mass is 639 g/mol. The summed E-state index contributed by atoms with van der Waals surface area (Å²) >= 11 is 0. The Balaban J connectivity index is 0.000000417. The molecule has 0 spiro atoms. The van der Waals surface area contributed by atoms with Crippen LogP contribution in [0.1, 0.15) is 67.4 Å². The first-order valence-electron chi connectivity index (χ1n) is 16.6. The quantitative estimate of drug-likeness (QED) is 0.337. The molecule has 2 fully saturated rings. The number of fused-ring (bicyclic) bond motifs is 1.